The van der Waals surface area contributed by atoms with Gasteiger partial charge in [-0.15, -0.1) is 0 Å². The van der Waals surface area contributed by atoms with Gasteiger partial charge in [0.15, 0.2) is 0 Å². The van der Waals surface area contributed by atoms with Gasteiger partial charge >= 0.3 is 5.97 Å². The van der Waals surface area contributed by atoms with Crippen LogP contribution < -0.4 is 0 Å². The first-order valence-corrected chi connectivity index (χ1v) is 6.65. The fourth-order valence-electron chi connectivity index (χ4n) is 2.56. The first kappa shape index (κ1) is 13.6. The summed E-state index contributed by atoms with van der Waals surface area (Å²) in [4.78, 5) is 11.9. The Balaban J connectivity index is 2.01. The van der Waals surface area contributed by atoms with Gasteiger partial charge in [-0.3, -0.25) is 0 Å². The highest BCUT2D eigenvalue weighted by Gasteiger charge is 2.24. The van der Waals surface area contributed by atoms with Gasteiger partial charge in [0.25, 0.3) is 0 Å². The zero-order chi connectivity index (χ0) is 13.8. The Morgan fingerprint density at radius 1 is 1.37 bits per heavy atom. The maximum absolute atomic E-state index is 11.9. The molecule has 1 aromatic carbocycles. The van der Waals surface area contributed by atoms with Gasteiger partial charge in [0.2, 0.25) is 0 Å². The minimum absolute atomic E-state index is 0.256. The molecule has 2 heteroatoms. The lowest BCUT2D eigenvalue weighted by molar-refractivity contribution is 0.0534. The van der Waals surface area contributed by atoms with Crippen molar-refractivity contribution in [3.8, 4) is 0 Å². The van der Waals surface area contributed by atoms with E-state index in [1.165, 1.54) is 11.1 Å². The first-order chi connectivity index (χ1) is 9.09. The Kier molecular flexibility index (Phi) is 4.20. The van der Waals surface area contributed by atoms with E-state index in [2.05, 4.69) is 13.5 Å². The molecule has 0 saturated heterocycles. The maximum Gasteiger partial charge on any atom is 0.338 e. The summed E-state index contributed by atoms with van der Waals surface area (Å²) >= 11 is 0. The summed E-state index contributed by atoms with van der Waals surface area (Å²) < 4.78 is 5.42. The summed E-state index contributed by atoms with van der Waals surface area (Å²) in [6, 6.07) is 9.11. The van der Waals surface area contributed by atoms with E-state index in [4.69, 9.17) is 4.74 Å². The third-order valence-electron chi connectivity index (χ3n) is 3.74. The summed E-state index contributed by atoms with van der Waals surface area (Å²) in [5, 5.41) is 0. The molecule has 0 aliphatic heterocycles. The first-order valence-electron chi connectivity index (χ1n) is 6.65. The second-order valence-corrected chi connectivity index (χ2v) is 5.19. The number of benzene rings is 1. The molecule has 1 aliphatic rings. The quantitative estimate of drug-likeness (QED) is 0.597. The maximum atomic E-state index is 11.9. The van der Waals surface area contributed by atoms with Gasteiger partial charge < -0.3 is 4.74 Å². The Hall–Kier alpha value is -1.83. The van der Waals surface area contributed by atoms with Crippen molar-refractivity contribution in [2.24, 2.45) is 5.92 Å². The van der Waals surface area contributed by atoms with Crippen LogP contribution in [0.3, 0.4) is 0 Å². The third kappa shape index (κ3) is 3.14. The van der Waals surface area contributed by atoms with E-state index in [1.807, 2.05) is 25.1 Å². The monoisotopic (exact) mass is 256 g/mol. The smallest absolute Gasteiger partial charge is 0.338 e. The Morgan fingerprint density at radius 2 is 2.05 bits per heavy atom. The van der Waals surface area contributed by atoms with Crippen LogP contribution in [0.2, 0.25) is 0 Å². The van der Waals surface area contributed by atoms with Crippen molar-refractivity contribution in [1.82, 2.24) is 0 Å². The van der Waals surface area contributed by atoms with Crippen LogP contribution in [0.15, 0.2) is 53.6 Å². The van der Waals surface area contributed by atoms with Crippen molar-refractivity contribution < 1.29 is 9.53 Å². The number of rotatable bonds is 4. The van der Waals surface area contributed by atoms with Crippen molar-refractivity contribution in [3.05, 3.63) is 59.2 Å². The molecule has 0 aromatic heterocycles. The van der Waals surface area contributed by atoms with Crippen LogP contribution in [0.1, 0.15) is 37.0 Å². The van der Waals surface area contributed by atoms with E-state index in [1.54, 1.807) is 12.1 Å². The van der Waals surface area contributed by atoms with E-state index >= 15 is 0 Å². The molecule has 2 nitrogen and oxygen atoms in total. The van der Waals surface area contributed by atoms with Crippen molar-refractivity contribution in [3.63, 3.8) is 0 Å². The van der Waals surface area contributed by atoms with E-state index in [-0.39, 0.29) is 5.97 Å². The summed E-state index contributed by atoms with van der Waals surface area (Å²) in [6.45, 7) is 8.58. The zero-order valence-electron chi connectivity index (χ0n) is 11.6. The van der Waals surface area contributed by atoms with Gasteiger partial charge in [-0.25, -0.2) is 4.79 Å². The Bertz CT molecular complexity index is 511. The normalized spacial score (nSPS) is 18.5. The zero-order valence-corrected chi connectivity index (χ0v) is 11.6. The lowest BCUT2D eigenvalue weighted by atomic mass is 9.94. The highest BCUT2D eigenvalue weighted by atomic mass is 16.5. The number of ether oxygens (including phenoxy) is 1. The van der Waals surface area contributed by atoms with Gasteiger partial charge in [0, 0.05) is 5.92 Å². The number of carbonyl (C=O) groups excluding carboxylic acids is 1. The lowest BCUT2D eigenvalue weighted by Gasteiger charge is -2.15. The molecule has 0 spiro atoms. The topological polar surface area (TPSA) is 26.3 Å². The van der Waals surface area contributed by atoms with E-state index in [0.29, 0.717) is 18.1 Å². The van der Waals surface area contributed by atoms with Crippen LogP contribution in [0.5, 0.6) is 0 Å². The van der Waals surface area contributed by atoms with Crippen LogP contribution in [0, 0.1) is 5.92 Å². The molecule has 0 amide bonds. The van der Waals surface area contributed by atoms with Crippen LogP contribution in [-0.2, 0) is 4.74 Å². The molecule has 0 saturated carbocycles. The third-order valence-corrected chi connectivity index (χ3v) is 3.74. The molecule has 19 heavy (non-hydrogen) atoms. The SMILES string of the molecule is C=C(C)C1CCC(C)=C1COC(=O)c1ccccc1. The molecule has 0 N–H and O–H groups in total. The fraction of sp³-hybridized carbons (Fsp3) is 0.353. The molecule has 0 radical (unpaired) electrons. The second-order valence-electron chi connectivity index (χ2n) is 5.19. The summed E-state index contributed by atoms with van der Waals surface area (Å²) in [5.41, 5.74) is 4.33. The predicted molar refractivity (Wildman–Crippen MR) is 77.0 cm³/mol. The van der Waals surface area contributed by atoms with Crippen molar-refractivity contribution in [2.75, 3.05) is 6.61 Å². The average Bonchev–Trinajstić information content (AvgIpc) is 2.78. The summed E-state index contributed by atoms with van der Waals surface area (Å²) in [5.74, 6) is 0.122. The van der Waals surface area contributed by atoms with Crippen molar-refractivity contribution in [1.29, 1.82) is 0 Å². The molecule has 0 bridgehead atoms. The molecule has 0 heterocycles. The van der Waals surface area contributed by atoms with E-state index in [9.17, 15) is 4.79 Å². The predicted octanol–water partition coefficient (Wildman–Crippen LogP) is 4.15. The van der Waals surface area contributed by atoms with E-state index < -0.39 is 0 Å². The van der Waals surface area contributed by atoms with Crippen molar-refractivity contribution in [2.45, 2.75) is 26.7 Å². The molecular formula is C17H20O2. The number of allylic oxidation sites excluding steroid dienone is 2. The standard InChI is InChI=1S/C17H20O2/c1-12(2)15-10-9-13(3)16(15)11-19-17(18)14-7-5-4-6-8-14/h4-8,15H,1,9-11H2,2-3H3. The summed E-state index contributed by atoms with van der Waals surface area (Å²) in [7, 11) is 0. The molecule has 1 aliphatic carbocycles. The van der Waals surface area contributed by atoms with Crippen molar-refractivity contribution >= 4 is 5.97 Å². The van der Waals surface area contributed by atoms with Crippen LogP contribution in [0.25, 0.3) is 0 Å². The van der Waals surface area contributed by atoms with Gasteiger partial charge in [-0.2, -0.15) is 0 Å². The summed E-state index contributed by atoms with van der Waals surface area (Å²) in [6.07, 6.45) is 2.18. The highest BCUT2D eigenvalue weighted by Crippen LogP contribution is 2.36. The number of esters is 1. The minimum Gasteiger partial charge on any atom is -0.458 e. The molecular weight excluding hydrogens is 236 g/mol. The largest absolute Gasteiger partial charge is 0.458 e. The molecule has 1 aromatic rings. The lowest BCUT2D eigenvalue weighted by Crippen LogP contribution is -2.12. The molecule has 1 atom stereocenters. The van der Waals surface area contributed by atoms with Crippen LogP contribution >= 0.6 is 0 Å². The van der Waals surface area contributed by atoms with Crippen LogP contribution in [0.4, 0.5) is 0 Å². The molecule has 1 unspecified atom stereocenters. The van der Waals surface area contributed by atoms with Gasteiger partial charge in [-0.1, -0.05) is 35.9 Å². The molecule has 100 valence electrons. The van der Waals surface area contributed by atoms with Gasteiger partial charge in [0.1, 0.15) is 6.61 Å². The number of carbonyl (C=O) groups is 1. The van der Waals surface area contributed by atoms with Gasteiger partial charge in [0.05, 0.1) is 5.56 Å². The van der Waals surface area contributed by atoms with Gasteiger partial charge in [-0.05, 0) is 44.4 Å². The number of hydrogen-bond donors (Lipinski definition) is 0. The molecule has 0 fully saturated rings. The Labute approximate surface area is 114 Å². The Morgan fingerprint density at radius 3 is 2.68 bits per heavy atom. The fourth-order valence-corrected chi connectivity index (χ4v) is 2.56. The minimum atomic E-state index is -0.256. The average molecular weight is 256 g/mol. The number of hydrogen-bond acceptors (Lipinski definition) is 2. The second kappa shape index (κ2) is 5.87. The van der Waals surface area contributed by atoms with Crippen LogP contribution in [-0.4, -0.2) is 12.6 Å². The molecule has 2 rings (SSSR count). The highest BCUT2D eigenvalue weighted by molar-refractivity contribution is 5.89. The van der Waals surface area contributed by atoms with E-state index in [0.717, 1.165) is 18.4 Å².